The van der Waals surface area contributed by atoms with Crippen LogP contribution in [0.4, 0.5) is 5.69 Å². The van der Waals surface area contributed by atoms with Crippen molar-refractivity contribution >= 4 is 17.3 Å². The lowest BCUT2D eigenvalue weighted by Gasteiger charge is -2.22. The van der Waals surface area contributed by atoms with E-state index in [9.17, 15) is 0 Å². The van der Waals surface area contributed by atoms with Crippen LogP contribution < -0.4 is 5.73 Å². The number of nitriles is 1. The van der Waals surface area contributed by atoms with Gasteiger partial charge in [-0.2, -0.15) is 5.26 Å². The third-order valence-electron chi connectivity index (χ3n) is 2.63. The van der Waals surface area contributed by atoms with Gasteiger partial charge < -0.3 is 5.73 Å². The summed E-state index contributed by atoms with van der Waals surface area (Å²) in [7, 11) is 1.99. The van der Waals surface area contributed by atoms with Gasteiger partial charge in [0, 0.05) is 12.6 Å². The molecule has 0 fully saturated rings. The molecule has 0 saturated carbocycles. The van der Waals surface area contributed by atoms with Gasteiger partial charge in [-0.15, -0.1) is 0 Å². The average Bonchev–Trinajstić information content (AvgIpc) is 2.24. The Morgan fingerprint density at radius 3 is 2.81 bits per heavy atom. The van der Waals surface area contributed by atoms with E-state index in [1.807, 2.05) is 26.1 Å². The molecule has 1 rings (SSSR count). The number of nitrogens with two attached hydrogens (primary N) is 1. The van der Waals surface area contributed by atoms with Gasteiger partial charge in [0.05, 0.1) is 23.2 Å². The van der Waals surface area contributed by atoms with Gasteiger partial charge in [0.15, 0.2) is 0 Å². The SMILES string of the molecule is CC(CC#N)N(C)Cc1ccc(Cl)c(N)c1. The van der Waals surface area contributed by atoms with E-state index in [1.54, 1.807) is 6.07 Å². The van der Waals surface area contributed by atoms with E-state index in [0.29, 0.717) is 17.1 Å². The fraction of sp³-hybridized carbons (Fsp3) is 0.417. The molecule has 4 heteroatoms. The van der Waals surface area contributed by atoms with E-state index < -0.39 is 0 Å². The van der Waals surface area contributed by atoms with Gasteiger partial charge in [0.2, 0.25) is 0 Å². The maximum absolute atomic E-state index is 8.62. The van der Waals surface area contributed by atoms with Crippen molar-refractivity contribution in [2.24, 2.45) is 0 Å². The Balaban J connectivity index is 2.66. The highest BCUT2D eigenvalue weighted by atomic mass is 35.5. The Bertz CT molecular complexity index is 398. The third kappa shape index (κ3) is 3.41. The number of rotatable bonds is 4. The second-order valence-electron chi connectivity index (χ2n) is 3.98. The van der Waals surface area contributed by atoms with E-state index in [0.717, 1.165) is 12.1 Å². The molecule has 0 aromatic heterocycles. The van der Waals surface area contributed by atoms with Crippen molar-refractivity contribution in [2.75, 3.05) is 12.8 Å². The third-order valence-corrected chi connectivity index (χ3v) is 2.98. The number of anilines is 1. The van der Waals surface area contributed by atoms with Gasteiger partial charge in [-0.1, -0.05) is 17.7 Å². The molecule has 0 saturated heterocycles. The number of benzene rings is 1. The van der Waals surface area contributed by atoms with E-state index in [4.69, 9.17) is 22.6 Å². The molecule has 16 heavy (non-hydrogen) atoms. The average molecular weight is 238 g/mol. The van der Waals surface area contributed by atoms with Crippen LogP contribution in [-0.4, -0.2) is 18.0 Å². The van der Waals surface area contributed by atoms with Crippen LogP contribution >= 0.6 is 11.6 Å². The molecule has 0 heterocycles. The van der Waals surface area contributed by atoms with Crippen molar-refractivity contribution in [3.8, 4) is 6.07 Å². The maximum atomic E-state index is 8.62. The quantitative estimate of drug-likeness (QED) is 0.820. The molecule has 1 aromatic rings. The zero-order valence-electron chi connectivity index (χ0n) is 9.57. The van der Waals surface area contributed by atoms with Gasteiger partial charge in [-0.05, 0) is 31.7 Å². The Labute approximate surface area is 101 Å². The van der Waals surface area contributed by atoms with E-state index in [-0.39, 0.29) is 6.04 Å². The van der Waals surface area contributed by atoms with Crippen LogP contribution in [0.5, 0.6) is 0 Å². The highest BCUT2D eigenvalue weighted by molar-refractivity contribution is 6.33. The van der Waals surface area contributed by atoms with Crippen LogP contribution in [0.3, 0.4) is 0 Å². The highest BCUT2D eigenvalue weighted by Gasteiger charge is 2.09. The van der Waals surface area contributed by atoms with E-state index >= 15 is 0 Å². The molecule has 0 spiro atoms. The van der Waals surface area contributed by atoms with Gasteiger partial charge in [-0.25, -0.2) is 0 Å². The number of halogens is 1. The summed E-state index contributed by atoms with van der Waals surface area (Å²) in [6, 6.07) is 8.03. The van der Waals surface area contributed by atoms with Gasteiger partial charge in [0.1, 0.15) is 0 Å². The molecule has 0 radical (unpaired) electrons. The van der Waals surface area contributed by atoms with Crippen LogP contribution in [0.2, 0.25) is 5.02 Å². The first-order valence-corrected chi connectivity index (χ1v) is 5.53. The molecule has 2 N–H and O–H groups in total. The van der Waals surface area contributed by atoms with Crippen LogP contribution in [0, 0.1) is 11.3 Å². The molecular weight excluding hydrogens is 222 g/mol. The summed E-state index contributed by atoms with van der Waals surface area (Å²) in [5.74, 6) is 0. The second-order valence-corrected chi connectivity index (χ2v) is 4.39. The predicted octanol–water partition coefficient (Wildman–Crippen LogP) is 2.66. The molecule has 0 aliphatic heterocycles. The molecule has 0 amide bonds. The summed E-state index contributed by atoms with van der Waals surface area (Å²) < 4.78 is 0. The summed E-state index contributed by atoms with van der Waals surface area (Å²) in [6.45, 7) is 2.80. The molecule has 0 aliphatic rings. The number of nitrogens with zero attached hydrogens (tertiary/aromatic N) is 2. The largest absolute Gasteiger partial charge is 0.398 e. The lowest BCUT2D eigenvalue weighted by molar-refractivity contribution is 0.252. The van der Waals surface area contributed by atoms with Crippen molar-refractivity contribution in [3.63, 3.8) is 0 Å². The predicted molar refractivity (Wildman–Crippen MR) is 67.0 cm³/mol. The molecule has 3 nitrogen and oxygen atoms in total. The van der Waals surface area contributed by atoms with Crippen LogP contribution in [0.15, 0.2) is 18.2 Å². The van der Waals surface area contributed by atoms with E-state index in [1.165, 1.54) is 0 Å². The number of hydrogen-bond acceptors (Lipinski definition) is 3. The second kappa shape index (κ2) is 5.74. The van der Waals surface area contributed by atoms with Crippen molar-refractivity contribution in [1.82, 2.24) is 4.90 Å². The summed E-state index contributed by atoms with van der Waals surface area (Å²) >= 11 is 5.85. The number of nitrogen functional groups attached to an aromatic ring is 1. The molecule has 1 atom stereocenters. The maximum Gasteiger partial charge on any atom is 0.0638 e. The molecule has 86 valence electrons. The fourth-order valence-electron chi connectivity index (χ4n) is 1.42. The fourth-order valence-corrected chi connectivity index (χ4v) is 1.54. The Kier molecular flexibility index (Phi) is 4.60. The van der Waals surface area contributed by atoms with Crippen LogP contribution in [0.1, 0.15) is 18.9 Å². The normalized spacial score (nSPS) is 12.4. The van der Waals surface area contributed by atoms with Crippen molar-refractivity contribution in [3.05, 3.63) is 28.8 Å². The monoisotopic (exact) mass is 237 g/mol. The highest BCUT2D eigenvalue weighted by Crippen LogP contribution is 2.20. The molecule has 1 aromatic carbocycles. The van der Waals surface area contributed by atoms with Gasteiger partial charge in [-0.3, -0.25) is 4.90 Å². The first kappa shape index (κ1) is 12.8. The standard InChI is InChI=1S/C12H16ClN3/c1-9(5-6-14)16(2)8-10-3-4-11(13)12(15)7-10/h3-4,7,9H,5,8,15H2,1-2H3. The van der Waals surface area contributed by atoms with Crippen molar-refractivity contribution in [1.29, 1.82) is 5.26 Å². The minimum absolute atomic E-state index is 0.238. The smallest absolute Gasteiger partial charge is 0.0638 e. The Morgan fingerprint density at radius 2 is 2.25 bits per heavy atom. The summed E-state index contributed by atoms with van der Waals surface area (Å²) in [5, 5.41) is 9.20. The first-order chi connectivity index (χ1) is 7.54. The molecule has 1 unspecified atom stereocenters. The van der Waals surface area contributed by atoms with Crippen molar-refractivity contribution in [2.45, 2.75) is 25.9 Å². The minimum atomic E-state index is 0.238. The minimum Gasteiger partial charge on any atom is -0.398 e. The summed E-state index contributed by atoms with van der Waals surface area (Å²) in [4.78, 5) is 2.12. The van der Waals surface area contributed by atoms with Crippen LogP contribution in [0.25, 0.3) is 0 Å². The molecule has 0 aliphatic carbocycles. The zero-order chi connectivity index (χ0) is 12.1. The summed E-state index contributed by atoms with van der Waals surface area (Å²) in [5.41, 5.74) is 7.43. The molecule has 0 bridgehead atoms. The van der Waals surface area contributed by atoms with Crippen molar-refractivity contribution < 1.29 is 0 Å². The summed E-state index contributed by atoms with van der Waals surface area (Å²) in [6.07, 6.45) is 0.527. The van der Waals surface area contributed by atoms with Gasteiger partial charge in [0.25, 0.3) is 0 Å². The molecular formula is C12H16ClN3. The topological polar surface area (TPSA) is 53.0 Å². The zero-order valence-corrected chi connectivity index (χ0v) is 10.3. The Hall–Kier alpha value is -1.24. The first-order valence-electron chi connectivity index (χ1n) is 5.15. The van der Waals surface area contributed by atoms with Gasteiger partial charge >= 0.3 is 0 Å². The van der Waals surface area contributed by atoms with E-state index in [2.05, 4.69) is 11.0 Å². The number of hydrogen-bond donors (Lipinski definition) is 1. The lowest BCUT2D eigenvalue weighted by Crippen LogP contribution is -2.28. The van der Waals surface area contributed by atoms with Crippen LogP contribution in [-0.2, 0) is 6.54 Å². The lowest BCUT2D eigenvalue weighted by atomic mass is 10.1. The Morgan fingerprint density at radius 1 is 1.56 bits per heavy atom.